The molecular formula is C12H17BrO2. The number of hydrogen-bond donors (Lipinski definition) is 1. The van der Waals surface area contributed by atoms with Crippen molar-refractivity contribution in [3.8, 4) is 5.75 Å². The van der Waals surface area contributed by atoms with Gasteiger partial charge in [-0.3, -0.25) is 0 Å². The summed E-state index contributed by atoms with van der Waals surface area (Å²) in [6, 6.07) is 3.91. The van der Waals surface area contributed by atoms with Crippen LogP contribution in [0.5, 0.6) is 5.75 Å². The van der Waals surface area contributed by atoms with E-state index >= 15 is 0 Å². The van der Waals surface area contributed by atoms with Gasteiger partial charge in [-0.05, 0) is 46.5 Å². The molecule has 0 fully saturated rings. The van der Waals surface area contributed by atoms with E-state index < -0.39 is 0 Å². The quantitative estimate of drug-likeness (QED) is 0.833. The molecule has 0 aliphatic rings. The molecule has 3 heteroatoms. The predicted octanol–water partition coefficient (Wildman–Crippen LogP) is 3.43. The highest BCUT2D eigenvalue weighted by molar-refractivity contribution is 9.10. The molecule has 0 spiro atoms. The highest BCUT2D eigenvalue weighted by Crippen LogP contribution is 2.31. The van der Waals surface area contributed by atoms with Crippen LogP contribution in [0.2, 0.25) is 0 Å². The Morgan fingerprint density at radius 2 is 2.13 bits per heavy atom. The normalized spacial score (nSPS) is 10.4. The van der Waals surface area contributed by atoms with Crippen LogP contribution in [0.3, 0.4) is 0 Å². The Hall–Kier alpha value is -0.540. The summed E-state index contributed by atoms with van der Waals surface area (Å²) in [5, 5.41) is 9.21. The summed E-state index contributed by atoms with van der Waals surface area (Å²) < 4.78 is 6.49. The lowest BCUT2D eigenvalue weighted by atomic mass is 10.1. The maximum absolute atomic E-state index is 9.21. The average Bonchev–Trinajstić information content (AvgIpc) is 2.22. The zero-order valence-corrected chi connectivity index (χ0v) is 10.8. The summed E-state index contributed by atoms with van der Waals surface area (Å²) in [6.07, 6.45) is 2.17. The molecule has 0 saturated heterocycles. The van der Waals surface area contributed by atoms with Crippen LogP contribution in [0.15, 0.2) is 16.6 Å². The second kappa shape index (κ2) is 6.13. The average molecular weight is 273 g/mol. The molecule has 1 aromatic rings. The molecule has 2 nitrogen and oxygen atoms in total. The predicted molar refractivity (Wildman–Crippen MR) is 65.2 cm³/mol. The van der Waals surface area contributed by atoms with Gasteiger partial charge in [0, 0.05) is 0 Å². The van der Waals surface area contributed by atoms with Gasteiger partial charge in [-0.25, -0.2) is 0 Å². The molecule has 0 aromatic heterocycles. The summed E-state index contributed by atoms with van der Waals surface area (Å²) >= 11 is 3.46. The summed E-state index contributed by atoms with van der Waals surface area (Å²) in [7, 11) is 0. The minimum absolute atomic E-state index is 0.0391. The third-order valence-electron chi connectivity index (χ3n) is 2.36. The first-order chi connectivity index (χ1) is 7.20. The smallest absolute Gasteiger partial charge is 0.133 e. The van der Waals surface area contributed by atoms with Crippen molar-refractivity contribution >= 4 is 15.9 Å². The van der Waals surface area contributed by atoms with E-state index in [9.17, 15) is 5.11 Å². The Bertz CT molecular complexity index is 324. The third kappa shape index (κ3) is 3.21. The van der Waals surface area contributed by atoms with Gasteiger partial charge in [0.25, 0.3) is 0 Å². The number of aryl methyl sites for hydroxylation is 1. The lowest BCUT2D eigenvalue weighted by Gasteiger charge is -2.12. The van der Waals surface area contributed by atoms with E-state index in [1.807, 2.05) is 19.1 Å². The number of benzene rings is 1. The van der Waals surface area contributed by atoms with E-state index in [0.29, 0.717) is 0 Å². The Morgan fingerprint density at radius 1 is 1.40 bits per heavy atom. The van der Waals surface area contributed by atoms with Crippen LogP contribution in [0.4, 0.5) is 0 Å². The largest absolute Gasteiger partial charge is 0.492 e. The first-order valence-corrected chi connectivity index (χ1v) is 6.01. The fourth-order valence-corrected chi connectivity index (χ4v) is 2.01. The molecule has 0 amide bonds. The van der Waals surface area contributed by atoms with E-state index in [2.05, 4.69) is 22.9 Å². The molecule has 0 heterocycles. The van der Waals surface area contributed by atoms with Gasteiger partial charge in [-0.15, -0.1) is 0 Å². The molecule has 0 atom stereocenters. The Balaban J connectivity index is 2.80. The van der Waals surface area contributed by atoms with E-state index in [1.165, 1.54) is 0 Å². The number of ether oxygens (including phenoxy) is 1. The van der Waals surface area contributed by atoms with Gasteiger partial charge in [0.1, 0.15) is 5.75 Å². The Labute approximate surface area is 99.4 Å². The maximum atomic E-state index is 9.21. The number of halogens is 1. The van der Waals surface area contributed by atoms with Crippen LogP contribution < -0.4 is 4.74 Å². The summed E-state index contributed by atoms with van der Waals surface area (Å²) in [5.41, 5.74) is 1.98. The molecule has 84 valence electrons. The van der Waals surface area contributed by atoms with E-state index in [1.54, 1.807) is 0 Å². The van der Waals surface area contributed by atoms with Crippen molar-refractivity contribution in [2.75, 3.05) is 6.61 Å². The highest BCUT2D eigenvalue weighted by Gasteiger charge is 2.08. The third-order valence-corrected chi connectivity index (χ3v) is 3.22. The van der Waals surface area contributed by atoms with Crippen molar-refractivity contribution in [3.63, 3.8) is 0 Å². The van der Waals surface area contributed by atoms with Gasteiger partial charge in [0.2, 0.25) is 0 Å². The van der Waals surface area contributed by atoms with E-state index in [0.717, 1.165) is 40.8 Å². The lowest BCUT2D eigenvalue weighted by molar-refractivity contribution is 0.276. The van der Waals surface area contributed by atoms with Crippen molar-refractivity contribution in [2.45, 2.75) is 33.3 Å². The SMILES string of the molecule is CCCCOc1ccc(C)c(CO)c1Br. The molecule has 15 heavy (non-hydrogen) atoms. The summed E-state index contributed by atoms with van der Waals surface area (Å²) in [6.45, 7) is 4.87. The second-order valence-corrected chi connectivity index (χ2v) is 4.33. The van der Waals surface area contributed by atoms with Crippen LogP contribution in [-0.2, 0) is 6.61 Å². The minimum atomic E-state index is 0.0391. The number of aliphatic hydroxyl groups is 1. The van der Waals surface area contributed by atoms with Crippen molar-refractivity contribution in [3.05, 3.63) is 27.7 Å². The molecule has 0 bridgehead atoms. The molecule has 1 rings (SSSR count). The summed E-state index contributed by atoms with van der Waals surface area (Å²) in [4.78, 5) is 0. The topological polar surface area (TPSA) is 29.5 Å². The molecule has 0 radical (unpaired) electrons. The lowest BCUT2D eigenvalue weighted by Crippen LogP contribution is -2.00. The zero-order chi connectivity index (χ0) is 11.3. The molecule has 0 saturated carbocycles. The summed E-state index contributed by atoms with van der Waals surface area (Å²) in [5.74, 6) is 0.818. The van der Waals surface area contributed by atoms with E-state index in [-0.39, 0.29) is 6.61 Å². The molecule has 1 aromatic carbocycles. The molecule has 1 N–H and O–H groups in total. The first kappa shape index (κ1) is 12.5. The highest BCUT2D eigenvalue weighted by atomic mass is 79.9. The van der Waals surface area contributed by atoms with Crippen LogP contribution in [-0.4, -0.2) is 11.7 Å². The van der Waals surface area contributed by atoms with Gasteiger partial charge in [0.15, 0.2) is 0 Å². The van der Waals surface area contributed by atoms with Gasteiger partial charge in [-0.2, -0.15) is 0 Å². The molecule has 0 aliphatic heterocycles. The number of hydrogen-bond acceptors (Lipinski definition) is 2. The Morgan fingerprint density at radius 3 is 2.73 bits per heavy atom. The van der Waals surface area contributed by atoms with E-state index in [4.69, 9.17) is 4.74 Å². The first-order valence-electron chi connectivity index (χ1n) is 5.22. The van der Waals surface area contributed by atoms with Crippen LogP contribution in [0.1, 0.15) is 30.9 Å². The van der Waals surface area contributed by atoms with Crippen LogP contribution >= 0.6 is 15.9 Å². The van der Waals surface area contributed by atoms with Crippen LogP contribution in [0.25, 0.3) is 0 Å². The number of unbranched alkanes of at least 4 members (excludes halogenated alkanes) is 1. The van der Waals surface area contributed by atoms with Crippen LogP contribution in [0, 0.1) is 6.92 Å². The maximum Gasteiger partial charge on any atom is 0.133 e. The van der Waals surface area contributed by atoms with Crippen molar-refractivity contribution in [1.29, 1.82) is 0 Å². The monoisotopic (exact) mass is 272 g/mol. The Kier molecular flexibility index (Phi) is 5.12. The minimum Gasteiger partial charge on any atom is -0.492 e. The van der Waals surface area contributed by atoms with Gasteiger partial charge >= 0.3 is 0 Å². The molecular weight excluding hydrogens is 256 g/mol. The second-order valence-electron chi connectivity index (χ2n) is 3.53. The van der Waals surface area contributed by atoms with Crippen molar-refractivity contribution in [1.82, 2.24) is 0 Å². The number of aliphatic hydroxyl groups excluding tert-OH is 1. The van der Waals surface area contributed by atoms with Gasteiger partial charge in [0.05, 0.1) is 17.7 Å². The van der Waals surface area contributed by atoms with Crippen molar-refractivity contribution < 1.29 is 9.84 Å². The number of rotatable bonds is 5. The standard InChI is InChI=1S/C12H17BrO2/c1-3-4-7-15-11-6-5-9(2)10(8-14)12(11)13/h5-6,14H,3-4,7-8H2,1-2H3. The van der Waals surface area contributed by atoms with Gasteiger partial charge in [-0.1, -0.05) is 19.4 Å². The fraction of sp³-hybridized carbons (Fsp3) is 0.500. The van der Waals surface area contributed by atoms with Crippen molar-refractivity contribution in [2.24, 2.45) is 0 Å². The molecule has 0 aliphatic carbocycles. The molecule has 0 unspecified atom stereocenters. The van der Waals surface area contributed by atoms with Gasteiger partial charge < -0.3 is 9.84 Å². The fourth-order valence-electron chi connectivity index (χ4n) is 1.33. The zero-order valence-electron chi connectivity index (χ0n) is 9.22.